The zero-order valence-corrected chi connectivity index (χ0v) is 18.1. The maximum absolute atomic E-state index is 13.2. The number of amides is 2. The molecule has 1 fully saturated rings. The van der Waals surface area contributed by atoms with E-state index in [0.29, 0.717) is 13.1 Å². The van der Waals surface area contributed by atoms with Crippen molar-refractivity contribution < 1.29 is 19.3 Å². The first-order valence-electron chi connectivity index (χ1n) is 10.4. The number of nitrogens with one attached hydrogen (secondary N) is 3. The molecule has 0 bridgehead atoms. The van der Waals surface area contributed by atoms with Gasteiger partial charge in [-0.05, 0) is 54.5 Å². The number of hydrogen-bond acceptors (Lipinski definition) is 3. The predicted octanol–water partition coefficient (Wildman–Crippen LogP) is 2.56. The minimum atomic E-state index is -0.115. The molecule has 160 valence electrons. The van der Waals surface area contributed by atoms with Gasteiger partial charge in [0.15, 0.2) is 5.78 Å². The van der Waals surface area contributed by atoms with Gasteiger partial charge in [0.1, 0.15) is 13.1 Å². The summed E-state index contributed by atoms with van der Waals surface area (Å²) in [5.41, 5.74) is 4.86. The van der Waals surface area contributed by atoms with E-state index in [1.165, 1.54) is 18.7 Å². The molecule has 1 saturated heterocycles. The highest BCUT2D eigenvalue weighted by atomic mass is 16.2. The minimum Gasteiger partial charge on any atom is -0.327 e. The molecule has 1 atom stereocenters. The molecule has 0 aromatic heterocycles. The summed E-state index contributed by atoms with van der Waals surface area (Å²) in [6.07, 6.45) is 3.87. The lowest BCUT2D eigenvalue weighted by atomic mass is 9.94. The molecule has 1 aliphatic heterocycles. The van der Waals surface area contributed by atoms with Gasteiger partial charge in [0, 0.05) is 25.2 Å². The van der Waals surface area contributed by atoms with Crippen LogP contribution in [-0.4, -0.2) is 37.2 Å². The fraction of sp³-hybridized carbons (Fsp3) is 0.240. The first kappa shape index (κ1) is 22.2. The summed E-state index contributed by atoms with van der Waals surface area (Å²) in [4.78, 5) is 36.8. The van der Waals surface area contributed by atoms with Crippen molar-refractivity contribution in [1.82, 2.24) is 0 Å². The summed E-state index contributed by atoms with van der Waals surface area (Å²) >= 11 is 0. The molecule has 31 heavy (non-hydrogen) atoms. The highest BCUT2D eigenvalue weighted by molar-refractivity contribution is 6.14. The molecule has 1 heterocycles. The third kappa shape index (κ3) is 6.23. The Morgan fingerprint density at radius 2 is 1.19 bits per heavy atom. The molecule has 2 aromatic carbocycles. The van der Waals surface area contributed by atoms with E-state index in [2.05, 4.69) is 17.6 Å². The number of hydrogen-bond donors (Lipinski definition) is 3. The van der Waals surface area contributed by atoms with Gasteiger partial charge in [-0.1, -0.05) is 24.3 Å². The lowest BCUT2D eigenvalue weighted by Gasteiger charge is -2.25. The molecule has 0 aliphatic carbocycles. The zero-order valence-electron chi connectivity index (χ0n) is 18.1. The molecule has 3 rings (SSSR count). The maximum Gasteiger partial charge on any atom is 0.221 e. The van der Waals surface area contributed by atoms with Crippen LogP contribution in [0.2, 0.25) is 0 Å². The van der Waals surface area contributed by atoms with Crippen molar-refractivity contribution in [1.29, 1.82) is 0 Å². The van der Waals surface area contributed by atoms with Crippen LogP contribution >= 0.6 is 0 Å². The van der Waals surface area contributed by atoms with Gasteiger partial charge in [-0.3, -0.25) is 14.4 Å². The Balaban J connectivity index is 1.83. The average Bonchev–Trinajstić information content (AvgIpc) is 2.73. The highest BCUT2D eigenvalue weighted by Gasteiger charge is 2.28. The van der Waals surface area contributed by atoms with E-state index in [1.807, 2.05) is 60.7 Å². The van der Waals surface area contributed by atoms with Gasteiger partial charge in [-0.2, -0.15) is 0 Å². The Morgan fingerprint density at radius 1 is 0.806 bits per heavy atom. The molecule has 2 aromatic rings. The van der Waals surface area contributed by atoms with Gasteiger partial charge < -0.3 is 15.5 Å². The smallest absolute Gasteiger partial charge is 0.221 e. The molecular weight excluding hydrogens is 390 g/mol. The van der Waals surface area contributed by atoms with Crippen LogP contribution in [-0.2, 0) is 14.4 Å². The number of benzene rings is 2. The SMILES string of the molecule is CC[NH+]1C/C(=C/c2ccc(NC(C)=O)cc2)C(=O)/C(=C/c2ccc(NC(C)=O)cc2)C1. The van der Waals surface area contributed by atoms with E-state index >= 15 is 0 Å². The molecule has 3 N–H and O–H groups in total. The number of carbonyl (C=O) groups excluding carboxylic acids is 3. The van der Waals surface area contributed by atoms with Crippen LogP contribution in [0.5, 0.6) is 0 Å². The number of carbonyl (C=O) groups is 3. The molecule has 6 nitrogen and oxygen atoms in total. The van der Waals surface area contributed by atoms with E-state index in [-0.39, 0.29) is 17.6 Å². The average molecular weight is 419 g/mol. The van der Waals surface area contributed by atoms with Crippen molar-refractivity contribution in [3.8, 4) is 0 Å². The molecule has 0 saturated carbocycles. The second-order valence-electron chi connectivity index (χ2n) is 7.73. The normalized spacial score (nSPS) is 18.8. The van der Waals surface area contributed by atoms with Gasteiger partial charge in [-0.15, -0.1) is 0 Å². The van der Waals surface area contributed by atoms with Crippen LogP contribution in [0.15, 0.2) is 59.7 Å². The van der Waals surface area contributed by atoms with E-state index in [0.717, 1.165) is 40.2 Å². The molecule has 2 amide bonds. The number of likely N-dealkylation sites (N-methyl/N-ethyl adjacent to an activating group) is 1. The number of Topliss-reactive ketones (excluding diaryl/α,β-unsaturated/α-hetero) is 1. The standard InChI is InChI=1S/C25H27N3O3/c1-4-28-15-21(13-19-5-9-23(10-6-19)26-17(2)29)25(31)22(16-28)14-20-7-11-24(12-8-20)27-18(3)30/h5-14H,4,15-16H2,1-3H3,(H,26,29)(H,27,30)/p+1/b21-13-,22-14+. The number of likely N-dealkylation sites (tertiary alicyclic amines) is 1. The maximum atomic E-state index is 13.2. The second kappa shape index (κ2) is 10.00. The molecule has 1 unspecified atom stereocenters. The summed E-state index contributed by atoms with van der Waals surface area (Å²) in [6, 6.07) is 14.9. The van der Waals surface area contributed by atoms with Crippen molar-refractivity contribution in [2.24, 2.45) is 0 Å². The monoisotopic (exact) mass is 418 g/mol. The summed E-state index contributed by atoms with van der Waals surface area (Å²) < 4.78 is 0. The van der Waals surface area contributed by atoms with Crippen LogP contribution in [0, 0.1) is 0 Å². The van der Waals surface area contributed by atoms with Crippen molar-refractivity contribution in [2.75, 3.05) is 30.3 Å². The van der Waals surface area contributed by atoms with Crippen molar-refractivity contribution in [3.63, 3.8) is 0 Å². The van der Waals surface area contributed by atoms with Gasteiger partial charge in [0.25, 0.3) is 0 Å². The summed E-state index contributed by atoms with van der Waals surface area (Å²) in [5.74, 6) is -0.166. The van der Waals surface area contributed by atoms with E-state index < -0.39 is 0 Å². The predicted molar refractivity (Wildman–Crippen MR) is 124 cm³/mol. The zero-order chi connectivity index (χ0) is 22.4. The molecule has 6 heteroatoms. The molecule has 1 aliphatic rings. The first-order valence-corrected chi connectivity index (χ1v) is 10.4. The number of rotatable bonds is 5. The molecule has 0 radical (unpaired) electrons. The third-order valence-electron chi connectivity index (χ3n) is 5.11. The number of ketones is 1. The lowest BCUT2D eigenvalue weighted by molar-refractivity contribution is -0.889. The van der Waals surface area contributed by atoms with Crippen molar-refractivity contribution in [3.05, 3.63) is 70.8 Å². The van der Waals surface area contributed by atoms with Gasteiger partial charge in [0.2, 0.25) is 11.8 Å². The number of anilines is 2. The Morgan fingerprint density at radius 3 is 1.52 bits per heavy atom. The second-order valence-corrected chi connectivity index (χ2v) is 7.73. The van der Waals surface area contributed by atoms with Gasteiger partial charge in [0.05, 0.1) is 17.7 Å². The fourth-order valence-corrected chi connectivity index (χ4v) is 3.59. The van der Waals surface area contributed by atoms with Crippen molar-refractivity contribution >= 4 is 41.1 Å². The minimum absolute atomic E-state index is 0.0640. The quantitative estimate of drug-likeness (QED) is 0.653. The van der Waals surface area contributed by atoms with Crippen LogP contribution in [0.25, 0.3) is 12.2 Å². The summed E-state index contributed by atoms with van der Waals surface area (Å²) in [6.45, 7) is 7.35. The van der Waals surface area contributed by atoms with Crippen LogP contribution < -0.4 is 15.5 Å². The first-order chi connectivity index (χ1) is 14.8. The Labute approximate surface area is 182 Å². The molecule has 0 spiro atoms. The lowest BCUT2D eigenvalue weighted by Crippen LogP contribution is -3.13. The number of quaternary nitrogens is 1. The summed E-state index contributed by atoms with van der Waals surface area (Å²) in [7, 11) is 0. The van der Waals surface area contributed by atoms with Crippen molar-refractivity contribution in [2.45, 2.75) is 20.8 Å². The molecular formula is C25H28N3O3+. The van der Waals surface area contributed by atoms with Crippen LogP contribution in [0.4, 0.5) is 11.4 Å². The third-order valence-corrected chi connectivity index (χ3v) is 5.11. The van der Waals surface area contributed by atoms with Gasteiger partial charge in [-0.25, -0.2) is 0 Å². The number of piperidine rings is 1. The van der Waals surface area contributed by atoms with E-state index in [9.17, 15) is 14.4 Å². The highest BCUT2D eigenvalue weighted by Crippen LogP contribution is 2.18. The van der Waals surface area contributed by atoms with Crippen LogP contribution in [0.3, 0.4) is 0 Å². The van der Waals surface area contributed by atoms with E-state index in [1.54, 1.807) is 0 Å². The van der Waals surface area contributed by atoms with Crippen LogP contribution in [0.1, 0.15) is 31.9 Å². The Kier molecular flexibility index (Phi) is 7.15. The largest absolute Gasteiger partial charge is 0.327 e. The topological polar surface area (TPSA) is 79.7 Å². The van der Waals surface area contributed by atoms with E-state index in [4.69, 9.17) is 0 Å². The summed E-state index contributed by atoms with van der Waals surface area (Å²) in [5, 5.41) is 5.49. The van der Waals surface area contributed by atoms with Gasteiger partial charge >= 0.3 is 0 Å². The Bertz CT molecular complexity index is 953. The fourth-order valence-electron chi connectivity index (χ4n) is 3.59. The Hall–Kier alpha value is -3.51.